The molecular formula is C12H18N2O2. The average molecular weight is 222 g/mol. The third-order valence-electron chi connectivity index (χ3n) is 2.57. The Morgan fingerprint density at radius 2 is 2.25 bits per heavy atom. The van der Waals surface area contributed by atoms with Crippen LogP contribution in [-0.4, -0.2) is 30.8 Å². The first-order chi connectivity index (χ1) is 7.88. The molecule has 1 N–H and O–H groups in total. The van der Waals surface area contributed by atoms with Gasteiger partial charge in [0, 0.05) is 25.5 Å². The van der Waals surface area contributed by atoms with Crippen LogP contribution in [0, 0.1) is 0 Å². The van der Waals surface area contributed by atoms with Crippen LogP contribution >= 0.6 is 0 Å². The molecule has 0 aromatic carbocycles. The van der Waals surface area contributed by atoms with Crippen molar-refractivity contribution in [3.05, 3.63) is 18.5 Å². The predicted octanol–water partition coefficient (Wildman–Crippen LogP) is 2.07. The van der Waals surface area contributed by atoms with Gasteiger partial charge in [0.25, 0.3) is 0 Å². The van der Waals surface area contributed by atoms with E-state index in [1.165, 1.54) is 0 Å². The van der Waals surface area contributed by atoms with E-state index in [4.69, 9.17) is 9.47 Å². The highest BCUT2D eigenvalue weighted by molar-refractivity contribution is 5.44. The predicted molar refractivity (Wildman–Crippen MR) is 62.9 cm³/mol. The fraction of sp³-hybridized carbons (Fsp3) is 0.583. The van der Waals surface area contributed by atoms with Crippen molar-refractivity contribution in [1.82, 2.24) is 4.98 Å². The summed E-state index contributed by atoms with van der Waals surface area (Å²) in [5.41, 5.74) is 1.01. The molecule has 1 fully saturated rings. The zero-order valence-corrected chi connectivity index (χ0v) is 9.61. The Hall–Kier alpha value is -1.29. The largest absolute Gasteiger partial charge is 0.489 e. The number of hydrogen-bond acceptors (Lipinski definition) is 4. The molecule has 0 atom stereocenters. The Kier molecular flexibility index (Phi) is 3.99. The number of nitrogens with one attached hydrogen (secondary N) is 1. The van der Waals surface area contributed by atoms with E-state index in [1.54, 1.807) is 12.4 Å². The van der Waals surface area contributed by atoms with Gasteiger partial charge in [0.15, 0.2) is 0 Å². The summed E-state index contributed by atoms with van der Waals surface area (Å²) in [6, 6.07) is 1.99. The second-order valence-corrected chi connectivity index (χ2v) is 3.87. The van der Waals surface area contributed by atoms with Crippen LogP contribution in [0.3, 0.4) is 0 Å². The van der Waals surface area contributed by atoms with Crippen LogP contribution in [0.2, 0.25) is 0 Å². The summed E-state index contributed by atoms with van der Waals surface area (Å²) < 4.78 is 11.2. The quantitative estimate of drug-likeness (QED) is 0.847. The Bertz CT molecular complexity index is 325. The number of nitrogens with zero attached hydrogens (tertiary/aromatic N) is 1. The van der Waals surface area contributed by atoms with Gasteiger partial charge in [0.05, 0.1) is 31.3 Å². The van der Waals surface area contributed by atoms with Crippen molar-refractivity contribution in [3.8, 4) is 5.75 Å². The van der Waals surface area contributed by atoms with Gasteiger partial charge in [-0.1, -0.05) is 0 Å². The number of pyridine rings is 1. The fourth-order valence-corrected chi connectivity index (χ4v) is 1.77. The van der Waals surface area contributed by atoms with Crippen LogP contribution in [0.5, 0.6) is 5.75 Å². The Labute approximate surface area is 96.0 Å². The first-order valence-electron chi connectivity index (χ1n) is 5.82. The Morgan fingerprint density at radius 3 is 3.00 bits per heavy atom. The number of aromatic nitrogens is 1. The minimum Gasteiger partial charge on any atom is -0.489 e. The summed E-state index contributed by atoms with van der Waals surface area (Å²) in [4.78, 5) is 4.15. The standard InChI is InChI=1S/C12H18N2O2/c1-2-14-10-7-12(9-13-8-10)16-11-3-5-15-6-4-11/h7-9,11,14H,2-6H2,1H3. The maximum atomic E-state index is 5.86. The van der Waals surface area contributed by atoms with Gasteiger partial charge < -0.3 is 14.8 Å². The molecule has 16 heavy (non-hydrogen) atoms. The van der Waals surface area contributed by atoms with E-state index in [0.29, 0.717) is 0 Å². The summed E-state index contributed by atoms with van der Waals surface area (Å²) in [5.74, 6) is 0.838. The van der Waals surface area contributed by atoms with E-state index in [2.05, 4.69) is 17.2 Å². The fourth-order valence-electron chi connectivity index (χ4n) is 1.77. The van der Waals surface area contributed by atoms with Gasteiger partial charge in [0.2, 0.25) is 0 Å². The number of ether oxygens (including phenoxy) is 2. The molecule has 1 aliphatic rings. The maximum absolute atomic E-state index is 5.86. The van der Waals surface area contributed by atoms with Crippen molar-refractivity contribution in [2.75, 3.05) is 25.1 Å². The third-order valence-corrected chi connectivity index (χ3v) is 2.57. The van der Waals surface area contributed by atoms with E-state index in [-0.39, 0.29) is 6.10 Å². The Morgan fingerprint density at radius 1 is 1.44 bits per heavy atom. The molecule has 0 spiro atoms. The summed E-state index contributed by atoms with van der Waals surface area (Å²) in [7, 11) is 0. The molecule has 0 saturated carbocycles. The first-order valence-corrected chi connectivity index (χ1v) is 5.82. The van der Waals surface area contributed by atoms with E-state index >= 15 is 0 Å². The molecule has 1 aromatic heterocycles. The highest BCUT2D eigenvalue weighted by atomic mass is 16.5. The smallest absolute Gasteiger partial charge is 0.140 e. The van der Waals surface area contributed by atoms with Crippen molar-refractivity contribution in [2.45, 2.75) is 25.9 Å². The number of rotatable bonds is 4. The molecule has 2 heterocycles. The highest BCUT2D eigenvalue weighted by Gasteiger charge is 2.15. The highest BCUT2D eigenvalue weighted by Crippen LogP contribution is 2.19. The molecule has 0 unspecified atom stereocenters. The molecule has 0 radical (unpaired) electrons. The van der Waals surface area contributed by atoms with Gasteiger partial charge in [0.1, 0.15) is 11.9 Å². The van der Waals surface area contributed by atoms with Crippen LogP contribution in [-0.2, 0) is 4.74 Å². The molecule has 0 amide bonds. The second kappa shape index (κ2) is 5.70. The van der Waals surface area contributed by atoms with Gasteiger partial charge >= 0.3 is 0 Å². The molecule has 4 nitrogen and oxygen atoms in total. The zero-order chi connectivity index (χ0) is 11.2. The van der Waals surface area contributed by atoms with E-state index < -0.39 is 0 Å². The molecule has 1 aliphatic heterocycles. The van der Waals surface area contributed by atoms with Gasteiger partial charge in [-0.05, 0) is 6.92 Å². The van der Waals surface area contributed by atoms with Gasteiger partial charge in [-0.25, -0.2) is 0 Å². The number of anilines is 1. The lowest BCUT2D eigenvalue weighted by molar-refractivity contribution is 0.0254. The third kappa shape index (κ3) is 3.10. The second-order valence-electron chi connectivity index (χ2n) is 3.87. The normalized spacial score (nSPS) is 17.1. The van der Waals surface area contributed by atoms with E-state index in [1.807, 2.05) is 6.07 Å². The topological polar surface area (TPSA) is 43.4 Å². The summed E-state index contributed by atoms with van der Waals surface area (Å²) in [6.45, 7) is 4.55. The maximum Gasteiger partial charge on any atom is 0.140 e. The van der Waals surface area contributed by atoms with Crippen molar-refractivity contribution in [3.63, 3.8) is 0 Å². The molecule has 1 saturated heterocycles. The van der Waals surface area contributed by atoms with Crippen LogP contribution < -0.4 is 10.1 Å². The zero-order valence-electron chi connectivity index (χ0n) is 9.61. The lowest BCUT2D eigenvalue weighted by Gasteiger charge is -2.23. The van der Waals surface area contributed by atoms with Gasteiger partial charge in [-0.3, -0.25) is 4.98 Å². The molecule has 4 heteroatoms. The molecule has 0 bridgehead atoms. The van der Waals surface area contributed by atoms with Crippen LogP contribution in [0.25, 0.3) is 0 Å². The SMILES string of the molecule is CCNc1cncc(OC2CCOCC2)c1. The average Bonchev–Trinajstić information content (AvgIpc) is 2.31. The van der Waals surface area contributed by atoms with Crippen molar-refractivity contribution >= 4 is 5.69 Å². The molecule has 88 valence electrons. The summed E-state index contributed by atoms with van der Waals surface area (Å²) >= 11 is 0. The van der Waals surface area contributed by atoms with Crippen molar-refractivity contribution < 1.29 is 9.47 Å². The lowest BCUT2D eigenvalue weighted by atomic mass is 10.1. The van der Waals surface area contributed by atoms with Gasteiger partial charge in [-0.2, -0.15) is 0 Å². The molecule has 1 aromatic rings. The molecule has 0 aliphatic carbocycles. The first kappa shape index (κ1) is 11.2. The van der Waals surface area contributed by atoms with Crippen molar-refractivity contribution in [1.29, 1.82) is 0 Å². The molecule has 2 rings (SSSR count). The minimum absolute atomic E-state index is 0.271. The van der Waals surface area contributed by atoms with Gasteiger partial charge in [-0.15, -0.1) is 0 Å². The summed E-state index contributed by atoms with van der Waals surface area (Å²) in [5, 5.41) is 3.22. The van der Waals surface area contributed by atoms with Crippen LogP contribution in [0.1, 0.15) is 19.8 Å². The van der Waals surface area contributed by atoms with Crippen LogP contribution in [0.4, 0.5) is 5.69 Å². The minimum atomic E-state index is 0.271. The van der Waals surface area contributed by atoms with Crippen LogP contribution in [0.15, 0.2) is 18.5 Å². The summed E-state index contributed by atoms with van der Waals surface area (Å²) in [6.07, 6.45) is 5.76. The van der Waals surface area contributed by atoms with E-state index in [9.17, 15) is 0 Å². The molecular weight excluding hydrogens is 204 g/mol. The van der Waals surface area contributed by atoms with Crippen molar-refractivity contribution in [2.24, 2.45) is 0 Å². The Balaban J connectivity index is 1.94. The monoisotopic (exact) mass is 222 g/mol. The van der Waals surface area contributed by atoms with E-state index in [0.717, 1.165) is 44.0 Å². The number of hydrogen-bond donors (Lipinski definition) is 1. The lowest BCUT2D eigenvalue weighted by Crippen LogP contribution is -2.25.